The van der Waals surface area contributed by atoms with E-state index in [2.05, 4.69) is 55.3 Å². The Labute approximate surface area is 122 Å². The quantitative estimate of drug-likeness (QED) is 0.788. The summed E-state index contributed by atoms with van der Waals surface area (Å²) in [6.07, 6.45) is 7.56. The molecule has 1 aromatic carbocycles. The Morgan fingerprint density at radius 2 is 1.95 bits per heavy atom. The van der Waals surface area contributed by atoms with E-state index in [1.807, 2.05) is 12.4 Å². The first-order valence-electron chi connectivity index (χ1n) is 7.82. The van der Waals surface area contributed by atoms with Crippen LogP contribution < -0.4 is 5.32 Å². The van der Waals surface area contributed by atoms with E-state index >= 15 is 0 Å². The fourth-order valence-corrected chi connectivity index (χ4v) is 2.63. The maximum absolute atomic E-state index is 4.43. The van der Waals surface area contributed by atoms with Gasteiger partial charge in [-0.05, 0) is 36.3 Å². The summed E-state index contributed by atoms with van der Waals surface area (Å²) in [6.45, 7) is 7.88. The van der Waals surface area contributed by atoms with Crippen molar-refractivity contribution in [3.05, 3.63) is 42.2 Å². The minimum Gasteiger partial charge on any atom is -0.310 e. The number of fused-ring (bicyclic) bond motifs is 1. The lowest BCUT2D eigenvalue weighted by Gasteiger charge is -2.23. The van der Waals surface area contributed by atoms with Crippen molar-refractivity contribution in [1.82, 2.24) is 10.3 Å². The van der Waals surface area contributed by atoms with E-state index in [-0.39, 0.29) is 0 Å². The van der Waals surface area contributed by atoms with E-state index in [0.29, 0.717) is 6.04 Å². The lowest BCUT2D eigenvalue weighted by atomic mass is 9.92. The highest BCUT2D eigenvalue weighted by molar-refractivity contribution is 5.85. The number of hydrogen-bond acceptors (Lipinski definition) is 2. The van der Waals surface area contributed by atoms with Crippen molar-refractivity contribution >= 4 is 10.8 Å². The van der Waals surface area contributed by atoms with Gasteiger partial charge in [-0.1, -0.05) is 51.5 Å². The third kappa shape index (κ3) is 3.57. The average Bonchev–Trinajstić information content (AvgIpc) is 2.50. The summed E-state index contributed by atoms with van der Waals surface area (Å²) >= 11 is 0. The van der Waals surface area contributed by atoms with Crippen LogP contribution in [0.4, 0.5) is 0 Å². The maximum Gasteiger partial charge on any atom is 0.0346 e. The molecule has 0 bridgehead atoms. The van der Waals surface area contributed by atoms with Crippen LogP contribution in [0.5, 0.6) is 0 Å². The van der Waals surface area contributed by atoms with Gasteiger partial charge in [-0.3, -0.25) is 4.98 Å². The van der Waals surface area contributed by atoms with Gasteiger partial charge in [0.1, 0.15) is 0 Å². The Morgan fingerprint density at radius 1 is 1.15 bits per heavy atom. The molecule has 0 aliphatic rings. The van der Waals surface area contributed by atoms with Gasteiger partial charge in [0.2, 0.25) is 0 Å². The molecule has 0 fully saturated rings. The van der Waals surface area contributed by atoms with Crippen LogP contribution in [0, 0.1) is 5.92 Å². The van der Waals surface area contributed by atoms with Crippen LogP contribution in [-0.2, 0) is 0 Å². The monoisotopic (exact) mass is 270 g/mol. The Balaban J connectivity index is 2.34. The molecule has 2 atom stereocenters. The zero-order valence-corrected chi connectivity index (χ0v) is 12.9. The molecule has 0 saturated heterocycles. The Hall–Kier alpha value is -1.41. The largest absolute Gasteiger partial charge is 0.310 e. The van der Waals surface area contributed by atoms with E-state index in [1.165, 1.54) is 29.2 Å². The zero-order chi connectivity index (χ0) is 14.4. The van der Waals surface area contributed by atoms with Gasteiger partial charge in [-0.15, -0.1) is 0 Å². The van der Waals surface area contributed by atoms with Crippen molar-refractivity contribution in [2.24, 2.45) is 5.92 Å². The molecular formula is C18H26N2. The Bertz CT molecular complexity index is 530. The molecule has 2 aromatic rings. The van der Waals surface area contributed by atoms with Gasteiger partial charge >= 0.3 is 0 Å². The highest BCUT2D eigenvalue weighted by Gasteiger charge is 2.16. The molecule has 1 aromatic heterocycles. The number of rotatable bonds is 7. The van der Waals surface area contributed by atoms with Gasteiger partial charge in [0.05, 0.1) is 0 Å². The van der Waals surface area contributed by atoms with Gasteiger partial charge in [0, 0.05) is 23.8 Å². The summed E-state index contributed by atoms with van der Waals surface area (Å²) in [7, 11) is 0. The molecular weight excluding hydrogens is 244 g/mol. The van der Waals surface area contributed by atoms with Crippen molar-refractivity contribution in [3.63, 3.8) is 0 Å². The number of pyridine rings is 1. The summed E-state index contributed by atoms with van der Waals surface area (Å²) in [5, 5.41) is 6.27. The maximum atomic E-state index is 4.43. The van der Waals surface area contributed by atoms with Gasteiger partial charge in [0.25, 0.3) is 0 Å². The lowest BCUT2D eigenvalue weighted by Crippen LogP contribution is -2.24. The molecule has 2 unspecified atom stereocenters. The molecule has 1 heterocycles. The van der Waals surface area contributed by atoms with Crippen molar-refractivity contribution in [3.8, 4) is 0 Å². The van der Waals surface area contributed by atoms with Gasteiger partial charge in [-0.2, -0.15) is 0 Å². The van der Waals surface area contributed by atoms with Crippen LogP contribution in [0.25, 0.3) is 10.8 Å². The fourth-order valence-electron chi connectivity index (χ4n) is 2.63. The summed E-state index contributed by atoms with van der Waals surface area (Å²) in [5.74, 6) is 0.725. The average molecular weight is 270 g/mol. The van der Waals surface area contributed by atoms with Crippen molar-refractivity contribution in [1.29, 1.82) is 0 Å². The Morgan fingerprint density at radius 3 is 2.70 bits per heavy atom. The third-order valence-electron chi connectivity index (χ3n) is 4.05. The van der Waals surface area contributed by atoms with Crippen LogP contribution in [0.1, 0.15) is 51.6 Å². The highest BCUT2D eigenvalue weighted by atomic mass is 14.9. The molecule has 0 saturated carbocycles. The predicted octanol–water partition coefficient (Wildman–Crippen LogP) is 4.71. The smallest absolute Gasteiger partial charge is 0.0346 e. The van der Waals surface area contributed by atoms with Crippen LogP contribution in [0.15, 0.2) is 36.7 Å². The van der Waals surface area contributed by atoms with Crippen LogP contribution in [-0.4, -0.2) is 11.5 Å². The molecule has 2 heteroatoms. The topological polar surface area (TPSA) is 24.9 Å². The number of hydrogen-bond donors (Lipinski definition) is 1. The van der Waals surface area contributed by atoms with E-state index in [4.69, 9.17) is 0 Å². The van der Waals surface area contributed by atoms with Crippen LogP contribution in [0.3, 0.4) is 0 Å². The van der Waals surface area contributed by atoms with Gasteiger partial charge < -0.3 is 5.32 Å². The number of nitrogens with zero attached hydrogens (tertiary/aromatic N) is 1. The first kappa shape index (κ1) is 15.0. The first-order chi connectivity index (χ1) is 9.76. The molecule has 20 heavy (non-hydrogen) atoms. The summed E-state index contributed by atoms with van der Waals surface area (Å²) in [5.41, 5.74) is 1.34. The third-order valence-corrected chi connectivity index (χ3v) is 4.05. The number of nitrogens with one attached hydrogen (secondary N) is 1. The van der Waals surface area contributed by atoms with E-state index in [1.54, 1.807) is 0 Å². The summed E-state index contributed by atoms with van der Waals surface area (Å²) < 4.78 is 0. The van der Waals surface area contributed by atoms with Gasteiger partial charge in [0.15, 0.2) is 0 Å². The van der Waals surface area contributed by atoms with Crippen LogP contribution in [0.2, 0.25) is 0 Å². The molecule has 0 spiro atoms. The van der Waals surface area contributed by atoms with Crippen LogP contribution >= 0.6 is 0 Å². The minimum absolute atomic E-state index is 0.406. The molecule has 1 N–H and O–H groups in total. The lowest BCUT2D eigenvalue weighted by molar-refractivity contribution is 0.403. The SMILES string of the molecule is CCCNC(CC(C)CC)c1cncc2ccccc12. The second-order valence-electron chi connectivity index (χ2n) is 5.71. The van der Waals surface area contributed by atoms with E-state index in [0.717, 1.165) is 18.9 Å². The molecule has 0 amide bonds. The summed E-state index contributed by atoms with van der Waals surface area (Å²) in [4.78, 5) is 4.43. The molecule has 2 rings (SSSR count). The second-order valence-corrected chi connectivity index (χ2v) is 5.71. The van der Waals surface area contributed by atoms with E-state index < -0.39 is 0 Å². The van der Waals surface area contributed by atoms with Crippen molar-refractivity contribution in [2.75, 3.05) is 6.54 Å². The zero-order valence-electron chi connectivity index (χ0n) is 12.9. The molecule has 2 nitrogen and oxygen atoms in total. The number of aromatic nitrogens is 1. The standard InChI is InChI=1S/C18H26N2/c1-4-10-20-18(11-14(3)5-2)17-13-19-12-15-8-6-7-9-16(15)17/h6-9,12-14,18,20H,4-5,10-11H2,1-3H3. The Kier molecular flexibility index (Phi) is 5.54. The van der Waals surface area contributed by atoms with Crippen molar-refractivity contribution in [2.45, 2.75) is 46.1 Å². The van der Waals surface area contributed by atoms with Gasteiger partial charge in [-0.25, -0.2) is 0 Å². The molecule has 108 valence electrons. The minimum atomic E-state index is 0.406. The molecule has 0 radical (unpaired) electrons. The number of benzene rings is 1. The van der Waals surface area contributed by atoms with Crippen molar-refractivity contribution < 1.29 is 0 Å². The molecule has 0 aliphatic carbocycles. The summed E-state index contributed by atoms with van der Waals surface area (Å²) in [6, 6.07) is 8.96. The normalized spacial score (nSPS) is 14.3. The highest BCUT2D eigenvalue weighted by Crippen LogP contribution is 2.28. The predicted molar refractivity (Wildman–Crippen MR) is 86.8 cm³/mol. The first-order valence-corrected chi connectivity index (χ1v) is 7.82. The van der Waals surface area contributed by atoms with E-state index in [9.17, 15) is 0 Å². The fraction of sp³-hybridized carbons (Fsp3) is 0.500. The molecule has 0 aliphatic heterocycles. The second kappa shape index (κ2) is 7.39.